The zero-order valence-corrected chi connectivity index (χ0v) is 15.8. The molecule has 142 valence electrons. The third kappa shape index (κ3) is 3.88. The molecule has 10 heteroatoms. The molecule has 0 aliphatic heterocycles. The van der Waals surface area contributed by atoms with E-state index in [-0.39, 0.29) is 5.02 Å². The summed E-state index contributed by atoms with van der Waals surface area (Å²) in [6, 6.07) is 2.22. The SMILES string of the molecule is CCCN(CCC)C(=O)n1cc(Cl)c(S(=O)(=O)c2cccc(F)c2F)n1. The van der Waals surface area contributed by atoms with Crippen molar-refractivity contribution in [2.75, 3.05) is 13.1 Å². The van der Waals surface area contributed by atoms with E-state index in [1.165, 1.54) is 4.90 Å². The highest BCUT2D eigenvalue weighted by Crippen LogP contribution is 2.28. The molecule has 0 fully saturated rings. The van der Waals surface area contributed by atoms with Crippen LogP contribution in [0.4, 0.5) is 13.6 Å². The molecule has 0 unspecified atom stereocenters. The van der Waals surface area contributed by atoms with Crippen LogP contribution < -0.4 is 0 Å². The number of carbonyl (C=O) groups excluding carboxylic acids is 1. The molecule has 26 heavy (non-hydrogen) atoms. The molecule has 1 amide bonds. The summed E-state index contributed by atoms with van der Waals surface area (Å²) >= 11 is 5.92. The summed E-state index contributed by atoms with van der Waals surface area (Å²) < 4.78 is 53.3. The monoisotopic (exact) mass is 405 g/mol. The fraction of sp³-hybridized carbons (Fsp3) is 0.375. The number of nitrogens with zero attached hydrogens (tertiary/aromatic N) is 3. The molecule has 6 nitrogen and oxygen atoms in total. The van der Waals surface area contributed by atoms with Gasteiger partial charge in [-0.05, 0) is 25.0 Å². The van der Waals surface area contributed by atoms with Crippen LogP contribution in [-0.4, -0.2) is 42.2 Å². The molecule has 2 rings (SSSR count). The number of benzene rings is 1. The van der Waals surface area contributed by atoms with E-state index in [2.05, 4.69) is 5.10 Å². The lowest BCUT2D eigenvalue weighted by Gasteiger charge is -2.20. The predicted molar refractivity (Wildman–Crippen MR) is 92.0 cm³/mol. The summed E-state index contributed by atoms with van der Waals surface area (Å²) in [4.78, 5) is 13.1. The molecule has 0 N–H and O–H groups in total. The number of aromatic nitrogens is 2. The molecule has 0 aliphatic rings. The van der Waals surface area contributed by atoms with Crippen LogP contribution in [0.1, 0.15) is 26.7 Å². The number of halogens is 3. The van der Waals surface area contributed by atoms with Gasteiger partial charge in [-0.1, -0.05) is 31.5 Å². The van der Waals surface area contributed by atoms with Crippen molar-refractivity contribution in [2.45, 2.75) is 36.6 Å². The van der Waals surface area contributed by atoms with Gasteiger partial charge in [0.25, 0.3) is 0 Å². The van der Waals surface area contributed by atoms with Crippen LogP contribution in [0, 0.1) is 11.6 Å². The van der Waals surface area contributed by atoms with Gasteiger partial charge in [-0.25, -0.2) is 22.0 Å². The lowest BCUT2D eigenvalue weighted by atomic mass is 10.3. The van der Waals surface area contributed by atoms with Crippen LogP contribution in [0.25, 0.3) is 0 Å². The van der Waals surface area contributed by atoms with Crippen LogP contribution in [0.15, 0.2) is 34.3 Å². The van der Waals surface area contributed by atoms with Crippen molar-refractivity contribution in [1.82, 2.24) is 14.7 Å². The van der Waals surface area contributed by atoms with Crippen LogP contribution in [0.5, 0.6) is 0 Å². The number of carbonyl (C=O) groups is 1. The summed E-state index contributed by atoms with van der Waals surface area (Å²) in [5.41, 5.74) is 0. The number of hydrogen-bond acceptors (Lipinski definition) is 4. The standard InChI is InChI=1S/C16H18ClF2N3O3S/c1-3-8-21(9-4-2)16(23)22-10-11(17)15(20-22)26(24,25)13-7-5-6-12(18)14(13)19/h5-7,10H,3-4,8-9H2,1-2H3. The predicted octanol–water partition coefficient (Wildman–Crippen LogP) is 3.74. The first-order valence-electron chi connectivity index (χ1n) is 7.97. The van der Waals surface area contributed by atoms with Gasteiger partial charge in [0.05, 0.1) is 11.2 Å². The minimum Gasteiger partial charge on any atom is -0.323 e. The second-order valence-corrected chi connectivity index (χ2v) is 7.79. The Hall–Kier alpha value is -2.00. The van der Waals surface area contributed by atoms with Gasteiger partial charge in [-0.15, -0.1) is 0 Å². The molecular formula is C16H18ClF2N3O3S. The van der Waals surface area contributed by atoms with E-state index in [4.69, 9.17) is 11.6 Å². The van der Waals surface area contributed by atoms with Gasteiger partial charge in [0, 0.05) is 13.1 Å². The first-order valence-corrected chi connectivity index (χ1v) is 9.83. The van der Waals surface area contributed by atoms with Crippen molar-refractivity contribution in [3.05, 3.63) is 41.1 Å². The van der Waals surface area contributed by atoms with E-state index in [1.54, 1.807) is 0 Å². The molecule has 0 saturated carbocycles. The molecule has 0 aliphatic carbocycles. The van der Waals surface area contributed by atoms with E-state index >= 15 is 0 Å². The molecule has 0 radical (unpaired) electrons. The van der Waals surface area contributed by atoms with Crippen molar-refractivity contribution >= 4 is 27.5 Å². The topological polar surface area (TPSA) is 72.3 Å². The van der Waals surface area contributed by atoms with E-state index in [0.29, 0.717) is 25.9 Å². The highest BCUT2D eigenvalue weighted by atomic mass is 35.5. The van der Waals surface area contributed by atoms with Crippen LogP contribution in [0.3, 0.4) is 0 Å². The van der Waals surface area contributed by atoms with E-state index in [0.717, 1.165) is 29.1 Å². The molecule has 0 bridgehead atoms. The maximum absolute atomic E-state index is 13.9. The third-order valence-corrected chi connectivity index (χ3v) is 5.65. The van der Waals surface area contributed by atoms with Crippen molar-refractivity contribution in [2.24, 2.45) is 0 Å². The Morgan fingerprint density at radius 3 is 2.42 bits per heavy atom. The average molecular weight is 406 g/mol. The minimum atomic E-state index is -4.54. The maximum Gasteiger partial charge on any atom is 0.344 e. The first-order chi connectivity index (χ1) is 12.2. The Morgan fingerprint density at radius 2 is 1.85 bits per heavy atom. The average Bonchev–Trinajstić information content (AvgIpc) is 2.99. The molecule has 0 atom stereocenters. The van der Waals surface area contributed by atoms with Crippen LogP contribution >= 0.6 is 11.6 Å². The molecular weight excluding hydrogens is 388 g/mol. The van der Waals surface area contributed by atoms with Crippen LogP contribution in [-0.2, 0) is 9.84 Å². The number of rotatable bonds is 6. The molecule has 2 aromatic rings. The summed E-state index contributed by atoms with van der Waals surface area (Å²) in [5.74, 6) is -2.84. The lowest BCUT2D eigenvalue weighted by molar-refractivity contribution is 0.196. The summed E-state index contributed by atoms with van der Waals surface area (Å²) in [6.07, 6.45) is 2.47. The summed E-state index contributed by atoms with van der Waals surface area (Å²) in [7, 11) is -4.54. The normalized spacial score (nSPS) is 11.6. The molecule has 1 heterocycles. The van der Waals surface area contributed by atoms with Gasteiger partial charge in [0.2, 0.25) is 14.9 Å². The van der Waals surface area contributed by atoms with Gasteiger partial charge in [0.1, 0.15) is 4.90 Å². The summed E-state index contributed by atoms with van der Waals surface area (Å²) in [6.45, 7) is 4.72. The Morgan fingerprint density at radius 1 is 1.23 bits per heavy atom. The van der Waals surface area contributed by atoms with Gasteiger partial charge in [-0.3, -0.25) is 0 Å². The largest absolute Gasteiger partial charge is 0.344 e. The minimum absolute atomic E-state index is 0.352. The highest BCUT2D eigenvalue weighted by molar-refractivity contribution is 7.91. The number of hydrogen-bond donors (Lipinski definition) is 0. The van der Waals surface area contributed by atoms with Gasteiger partial charge in [-0.2, -0.15) is 9.78 Å². The molecule has 1 aromatic heterocycles. The number of sulfone groups is 1. The number of amides is 1. The van der Waals surface area contributed by atoms with Crippen molar-refractivity contribution in [3.8, 4) is 0 Å². The fourth-order valence-electron chi connectivity index (χ4n) is 2.40. The second kappa shape index (κ2) is 8.13. The third-order valence-electron chi connectivity index (χ3n) is 3.55. The van der Waals surface area contributed by atoms with Crippen LogP contribution in [0.2, 0.25) is 5.02 Å². The maximum atomic E-state index is 13.9. The Bertz CT molecular complexity index is 909. The first kappa shape index (κ1) is 20.3. The lowest BCUT2D eigenvalue weighted by Crippen LogP contribution is -2.36. The summed E-state index contributed by atoms with van der Waals surface area (Å²) in [5, 5.41) is 2.67. The molecule has 1 aromatic carbocycles. The van der Waals surface area contributed by atoms with Gasteiger partial charge < -0.3 is 4.90 Å². The van der Waals surface area contributed by atoms with E-state index in [1.807, 2.05) is 13.8 Å². The second-order valence-electron chi connectivity index (χ2n) is 5.55. The van der Waals surface area contributed by atoms with Crippen molar-refractivity contribution in [1.29, 1.82) is 0 Å². The molecule has 0 spiro atoms. The Kier molecular flexibility index (Phi) is 6.35. The Labute approximate surface area is 155 Å². The van der Waals surface area contributed by atoms with E-state index in [9.17, 15) is 22.0 Å². The van der Waals surface area contributed by atoms with Crippen molar-refractivity contribution < 1.29 is 22.0 Å². The molecule has 0 saturated heterocycles. The zero-order chi connectivity index (χ0) is 19.5. The van der Waals surface area contributed by atoms with Gasteiger partial charge >= 0.3 is 6.03 Å². The fourth-order valence-corrected chi connectivity index (χ4v) is 4.14. The van der Waals surface area contributed by atoms with Crippen molar-refractivity contribution in [3.63, 3.8) is 0 Å². The quantitative estimate of drug-likeness (QED) is 0.734. The zero-order valence-electron chi connectivity index (χ0n) is 14.2. The Balaban J connectivity index is 2.47. The van der Waals surface area contributed by atoms with E-state index < -0.39 is 37.4 Å². The van der Waals surface area contributed by atoms with Gasteiger partial charge in [0.15, 0.2) is 11.6 Å². The smallest absolute Gasteiger partial charge is 0.323 e. The highest BCUT2D eigenvalue weighted by Gasteiger charge is 2.30.